The highest BCUT2D eigenvalue weighted by atomic mass is 16.6. The summed E-state index contributed by atoms with van der Waals surface area (Å²) in [6.07, 6.45) is 4.17. The SMILES string of the molecule is CC(C)(C)OC(=O)NC12CCCC1Cc1ccccc12. The van der Waals surface area contributed by atoms with Crippen molar-refractivity contribution < 1.29 is 9.53 Å². The molecule has 0 radical (unpaired) electrons. The minimum Gasteiger partial charge on any atom is -0.444 e. The van der Waals surface area contributed by atoms with Gasteiger partial charge in [0.25, 0.3) is 0 Å². The lowest BCUT2D eigenvalue weighted by Crippen LogP contribution is -2.48. The van der Waals surface area contributed by atoms with E-state index in [0.29, 0.717) is 5.92 Å². The van der Waals surface area contributed by atoms with E-state index in [1.54, 1.807) is 0 Å². The van der Waals surface area contributed by atoms with Crippen LogP contribution < -0.4 is 5.32 Å². The smallest absolute Gasteiger partial charge is 0.408 e. The van der Waals surface area contributed by atoms with Crippen molar-refractivity contribution in [3.05, 3.63) is 35.4 Å². The predicted molar refractivity (Wildman–Crippen MR) is 78.5 cm³/mol. The molecule has 1 fully saturated rings. The molecule has 1 saturated carbocycles. The van der Waals surface area contributed by atoms with Crippen molar-refractivity contribution in [2.75, 3.05) is 0 Å². The van der Waals surface area contributed by atoms with Gasteiger partial charge in [-0.3, -0.25) is 0 Å². The molecule has 3 rings (SSSR count). The molecule has 1 aromatic carbocycles. The van der Waals surface area contributed by atoms with Crippen molar-refractivity contribution in [3.8, 4) is 0 Å². The van der Waals surface area contributed by atoms with Crippen LogP contribution in [0, 0.1) is 5.92 Å². The second-order valence-electron chi connectivity index (χ2n) is 7.05. The molecule has 0 aromatic heterocycles. The van der Waals surface area contributed by atoms with Gasteiger partial charge in [0.05, 0.1) is 5.54 Å². The van der Waals surface area contributed by atoms with Crippen molar-refractivity contribution in [1.29, 1.82) is 0 Å². The zero-order valence-electron chi connectivity index (χ0n) is 12.5. The summed E-state index contributed by atoms with van der Waals surface area (Å²) in [5.41, 5.74) is 2.04. The molecule has 2 aliphatic carbocycles. The molecule has 20 heavy (non-hydrogen) atoms. The molecule has 2 atom stereocenters. The highest BCUT2D eigenvalue weighted by molar-refractivity contribution is 5.70. The number of hydrogen-bond donors (Lipinski definition) is 1. The molecule has 2 aliphatic rings. The van der Waals surface area contributed by atoms with Crippen LogP contribution >= 0.6 is 0 Å². The fourth-order valence-electron chi connectivity index (χ4n) is 3.83. The molecule has 3 nitrogen and oxygen atoms in total. The van der Waals surface area contributed by atoms with E-state index in [1.165, 1.54) is 24.0 Å². The normalized spacial score (nSPS) is 27.9. The Morgan fingerprint density at radius 3 is 2.85 bits per heavy atom. The topological polar surface area (TPSA) is 38.3 Å². The number of nitrogens with one attached hydrogen (secondary N) is 1. The van der Waals surface area contributed by atoms with Gasteiger partial charge in [0.15, 0.2) is 0 Å². The number of benzene rings is 1. The Bertz CT molecular complexity index is 532. The van der Waals surface area contributed by atoms with Crippen LogP contribution in [0.2, 0.25) is 0 Å². The van der Waals surface area contributed by atoms with Crippen LogP contribution in [0.3, 0.4) is 0 Å². The molecule has 0 bridgehead atoms. The van der Waals surface area contributed by atoms with Crippen LogP contribution in [-0.4, -0.2) is 11.7 Å². The van der Waals surface area contributed by atoms with Crippen molar-refractivity contribution in [2.45, 2.75) is 57.6 Å². The highest BCUT2D eigenvalue weighted by Gasteiger charge is 2.50. The summed E-state index contributed by atoms with van der Waals surface area (Å²) in [6, 6.07) is 8.50. The lowest BCUT2D eigenvalue weighted by molar-refractivity contribution is 0.0431. The first-order valence-electron chi connectivity index (χ1n) is 7.50. The molecule has 0 saturated heterocycles. The van der Waals surface area contributed by atoms with Crippen molar-refractivity contribution in [1.82, 2.24) is 5.32 Å². The summed E-state index contributed by atoms with van der Waals surface area (Å²) in [4.78, 5) is 12.2. The standard InChI is InChI=1S/C17H23NO2/c1-16(2,3)20-15(19)18-17-10-6-8-13(17)11-12-7-4-5-9-14(12)17/h4-5,7,9,13H,6,8,10-11H2,1-3H3,(H,18,19). The van der Waals surface area contributed by atoms with Crippen LogP contribution in [0.15, 0.2) is 24.3 Å². The molecule has 2 unspecified atom stereocenters. The van der Waals surface area contributed by atoms with E-state index < -0.39 is 5.60 Å². The largest absolute Gasteiger partial charge is 0.444 e. The molecule has 1 N–H and O–H groups in total. The number of hydrogen-bond acceptors (Lipinski definition) is 2. The first-order valence-corrected chi connectivity index (χ1v) is 7.50. The average molecular weight is 273 g/mol. The monoisotopic (exact) mass is 273 g/mol. The number of amides is 1. The van der Waals surface area contributed by atoms with Gasteiger partial charge in [-0.1, -0.05) is 30.7 Å². The van der Waals surface area contributed by atoms with E-state index >= 15 is 0 Å². The number of rotatable bonds is 1. The van der Waals surface area contributed by atoms with Crippen molar-refractivity contribution in [3.63, 3.8) is 0 Å². The molecular formula is C17H23NO2. The first-order chi connectivity index (χ1) is 9.41. The number of alkyl carbamates (subject to hydrolysis) is 1. The number of carbonyl (C=O) groups excluding carboxylic acids is 1. The van der Waals surface area contributed by atoms with E-state index in [-0.39, 0.29) is 11.6 Å². The maximum absolute atomic E-state index is 12.2. The van der Waals surface area contributed by atoms with Gasteiger partial charge in [0.1, 0.15) is 5.60 Å². The summed E-state index contributed by atoms with van der Waals surface area (Å²) in [6.45, 7) is 5.71. The van der Waals surface area contributed by atoms with Crippen LogP contribution in [0.1, 0.15) is 51.2 Å². The third-order valence-electron chi connectivity index (χ3n) is 4.51. The first kappa shape index (κ1) is 13.5. The predicted octanol–water partition coefficient (Wildman–Crippen LogP) is 3.76. The van der Waals surface area contributed by atoms with Crippen LogP contribution in [-0.2, 0) is 16.7 Å². The molecule has 0 heterocycles. The summed E-state index contributed by atoms with van der Waals surface area (Å²) >= 11 is 0. The number of carbonyl (C=O) groups is 1. The Labute approximate surface area is 120 Å². The van der Waals surface area contributed by atoms with Crippen LogP contribution in [0.4, 0.5) is 4.79 Å². The van der Waals surface area contributed by atoms with Crippen LogP contribution in [0.25, 0.3) is 0 Å². The second kappa shape index (κ2) is 4.51. The molecular weight excluding hydrogens is 250 g/mol. The molecule has 0 aliphatic heterocycles. The van der Waals surface area contributed by atoms with Gasteiger partial charge >= 0.3 is 6.09 Å². The van der Waals surface area contributed by atoms with Gasteiger partial charge in [-0.25, -0.2) is 4.79 Å². The van der Waals surface area contributed by atoms with E-state index in [0.717, 1.165) is 12.8 Å². The molecule has 1 aromatic rings. The Morgan fingerprint density at radius 1 is 1.35 bits per heavy atom. The molecule has 0 spiro atoms. The average Bonchev–Trinajstić information content (AvgIpc) is 2.82. The molecule has 1 amide bonds. The highest BCUT2D eigenvalue weighted by Crippen LogP contribution is 2.51. The van der Waals surface area contributed by atoms with Gasteiger partial charge in [-0.15, -0.1) is 0 Å². The van der Waals surface area contributed by atoms with Crippen LogP contribution in [0.5, 0.6) is 0 Å². The third kappa shape index (κ3) is 2.19. The Kier molecular flexibility index (Phi) is 3.03. The zero-order chi connectivity index (χ0) is 14.4. The zero-order valence-corrected chi connectivity index (χ0v) is 12.5. The van der Waals surface area contributed by atoms with Gasteiger partial charge in [0, 0.05) is 0 Å². The van der Waals surface area contributed by atoms with E-state index in [1.807, 2.05) is 20.8 Å². The van der Waals surface area contributed by atoms with E-state index in [4.69, 9.17) is 4.74 Å². The minimum absolute atomic E-state index is 0.196. The lowest BCUT2D eigenvalue weighted by Gasteiger charge is -2.33. The van der Waals surface area contributed by atoms with E-state index in [2.05, 4.69) is 29.6 Å². The maximum atomic E-state index is 12.2. The Morgan fingerprint density at radius 2 is 2.10 bits per heavy atom. The Hall–Kier alpha value is -1.51. The van der Waals surface area contributed by atoms with Gasteiger partial charge < -0.3 is 10.1 Å². The van der Waals surface area contributed by atoms with E-state index in [9.17, 15) is 4.79 Å². The third-order valence-corrected chi connectivity index (χ3v) is 4.51. The second-order valence-corrected chi connectivity index (χ2v) is 7.05. The van der Waals surface area contributed by atoms with Crippen molar-refractivity contribution in [2.24, 2.45) is 5.92 Å². The Balaban J connectivity index is 1.88. The number of ether oxygens (including phenoxy) is 1. The fourth-order valence-corrected chi connectivity index (χ4v) is 3.83. The quantitative estimate of drug-likeness (QED) is 0.846. The summed E-state index contributed by atoms with van der Waals surface area (Å²) in [5, 5.41) is 3.21. The number of fused-ring (bicyclic) bond motifs is 3. The van der Waals surface area contributed by atoms with Gasteiger partial charge in [-0.05, 0) is 57.1 Å². The summed E-state index contributed by atoms with van der Waals surface area (Å²) in [7, 11) is 0. The lowest BCUT2D eigenvalue weighted by atomic mass is 9.86. The summed E-state index contributed by atoms with van der Waals surface area (Å²) < 4.78 is 5.47. The molecule has 108 valence electrons. The summed E-state index contributed by atoms with van der Waals surface area (Å²) in [5.74, 6) is 0.521. The maximum Gasteiger partial charge on any atom is 0.408 e. The minimum atomic E-state index is -0.451. The van der Waals surface area contributed by atoms with Gasteiger partial charge in [0.2, 0.25) is 0 Å². The van der Waals surface area contributed by atoms with Crippen molar-refractivity contribution >= 4 is 6.09 Å². The fraction of sp³-hybridized carbons (Fsp3) is 0.588. The van der Waals surface area contributed by atoms with Gasteiger partial charge in [-0.2, -0.15) is 0 Å². The molecule has 3 heteroatoms.